The minimum Gasteiger partial charge on any atom is -0.480 e. The molecule has 1 amide bonds. The number of rotatable bonds is 10. The van der Waals surface area contributed by atoms with Crippen LogP contribution in [0.4, 0.5) is 8.78 Å². The standard InChI is InChI=1S/C25H25F2N5O4/c26-18-10-3-1-7-15(18)21(16-8-2-4-11-19(16)27)32-14-6-9-17(23(32)34)22(33)31-20(24(35)36)12-5-13-30-25(28)29/h1-4,6-11,14,20-21H,5,12-13H2,(H,31,33)(H,35,36)(H4,28,29,30)/t20-/m0/s1. The van der Waals surface area contributed by atoms with Crippen LogP contribution in [-0.2, 0) is 4.79 Å². The number of hydrogen-bond donors (Lipinski definition) is 5. The molecule has 9 nitrogen and oxygen atoms in total. The van der Waals surface area contributed by atoms with Crippen LogP contribution in [0, 0.1) is 17.0 Å². The van der Waals surface area contributed by atoms with Gasteiger partial charge in [-0.1, -0.05) is 36.4 Å². The van der Waals surface area contributed by atoms with E-state index in [0.717, 1.165) is 4.57 Å². The predicted molar refractivity (Wildman–Crippen MR) is 129 cm³/mol. The van der Waals surface area contributed by atoms with Gasteiger partial charge >= 0.3 is 5.97 Å². The quantitative estimate of drug-likeness (QED) is 0.165. The van der Waals surface area contributed by atoms with Gasteiger partial charge in [0.2, 0.25) is 0 Å². The van der Waals surface area contributed by atoms with Crippen LogP contribution >= 0.6 is 0 Å². The van der Waals surface area contributed by atoms with Crippen LogP contribution in [0.5, 0.6) is 0 Å². The lowest BCUT2D eigenvalue weighted by Crippen LogP contribution is -2.44. The molecule has 1 heterocycles. The average Bonchev–Trinajstić information content (AvgIpc) is 2.84. The van der Waals surface area contributed by atoms with Crippen molar-refractivity contribution in [3.05, 3.63) is 106 Å². The summed E-state index contributed by atoms with van der Waals surface area (Å²) in [5, 5.41) is 21.4. The Bertz CT molecular complexity index is 1280. The van der Waals surface area contributed by atoms with Crippen LogP contribution in [0.1, 0.15) is 40.4 Å². The second kappa shape index (κ2) is 11.7. The SMILES string of the molecule is N=C(N)NCCC[C@H](NC(=O)c1cccn(C(c2ccccc2F)c2ccccc2F)c1=O)C(=O)O. The highest BCUT2D eigenvalue weighted by atomic mass is 19.1. The molecule has 2 aromatic carbocycles. The van der Waals surface area contributed by atoms with Crippen molar-refractivity contribution in [2.24, 2.45) is 5.73 Å². The molecule has 0 spiro atoms. The van der Waals surface area contributed by atoms with Crippen molar-refractivity contribution in [3.63, 3.8) is 0 Å². The first kappa shape index (κ1) is 26.1. The third-order valence-electron chi connectivity index (χ3n) is 5.49. The zero-order valence-electron chi connectivity index (χ0n) is 19.1. The van der Waals surface area contributed by atoms with E-state index in [4.69, 9.17) is 11.1 Å². The van der Waals surface area contributed by atoms with Gasteiger partial charge < -0.3 is 26.0 Å². The van der Waals surface area contributed by atoms with E-state index in [1.807, 2.05) is 0 Å². The Morgan fingerprint density at radius 2 is 1.58 bits per heavy atom. The molecule has 0 aliphatic rings. The maximum atomic E-state index is 14.8. The van der Waals surface area contributed by atoms with Gasteiger partial charge in [0.05, 0.1) is 6.04 Å². The fourth-order valence-electron chi connectivity index (χ4n) is 3.77. The number of nitrogens with two attached hydrogens (primary N) is 1. The Labute approximate surface area is 205 Å². The zero-order valence-corrected chi connectivity index (χ0v) is 19.1. The van der Waals surface area contributed by atoms with E-state index in [0.29, 0.717) is 0 Å². The number of aliphatic carboxylic acids is 1. The molecule has 3 rings (SSSR count). The summed E-state index contributed by atoms with van der Waals surface area (Å²) in [6.45, 7) is 0.222. The number of carboxylic acids is 1. The summed E-state index contributed by atoms with van der Waals surface area (Å²) in [7, 11) is 0. The minimum atomic E-state index is -1.31. The Balaban J connectivity index is 1.97. The molecule has 0 radical (unpaired) electrons. The first-order chi connectivity index (χ1) is 17.2. The Hall–Kier alpha value is -4.54. The number of nitrogens with one attached hydrogen (secondary N) is 3. The van der Waals surface area contributed by atoms with Crippen molar-refractivity contribution in [2.75, 3.05) is 6.54 Å². The number of carbonyl (C=O) groups excluding carboxylic acids is 1. The molecule has 0 bridgehead atoms. The van der Waals surface area contributed by atoms with E-state index < -0.39 is 41.2 Å². The van der Waals surface area contributed by atoms with E-state index in [1.165, 1.54) is 54.7 Å². The van der Waals surface area contributed by atoms with E-state index >= 15 is 0 Å². The number of carbonyl (C=O) groups is 2. The highest BCUT2D eigenvalue weighted by Gasteiger charge is 2.27. The summed E-state index contributed by atoms with van der Waals surface area (Å²) in [6.07, 6.45) is 1.60. The van der Waals surface area contributed by atoms with Crippen LogP contribution in [0.3, 0.4) is 0 Å². The second-order valence-electron chi connectivity index (χ2n) is 7.93. The largest absolute Gasteiger partial charge is 0.480 e. The van der Waals surface area contributed by atoms with Gasteiger partial charge in [-0.3, -0.25) is 15.0 Å². The number of pyridine rings is 1. The van der Waals surface area contributed by atoms with Crippen molar-refractivity contribution in [1.29, 1.82) is 5.41 Å². The number of benzene rings is 2. The summed E-state index contributed by atoms with van der Waals surface area (Å²) in [6, 6.07) is 11.3. The highest BCUT2D eigenvalue weighted by Crippen LogP contribution is 2.29. The van der Waals surface area contributed by atoms with Gasteiger partial charge in [-0.25, -0.2) is 13.6 Å². The van der Waals surface area contributed by atoms with Crippen molar-refractivity contribution in [3.8, 4) is 0 Å². The van der Waals surface area contributed by atoms with E-state index in [9.17, 15) is 28.3 Å². The van der Waals surface area contributed by atoms with Crippen molar-refractivity contribution >= 4 is 17.8 Å². The molecular weight excluding hydrogens is 472 g/mol. The van der Waals surface area contributed by atoms with Gasteiger partial charge in [-0.2, -0.15) is 0 Å². The van der Waals surface area contributed by atoms with Crippen LogP contribution in [0.2, 0.25) is 0 Å². The van der Waals surface area contributed by atoms with E-state index in [2.05, 4.69) is 10.6 Å². The molecule has 1 aromatic heterocycles. The van der Waals surface area contributed by atoms with E-state index in [-0.39, 0.29) is 42.0 Å². The van der Waals surface area contributed by atoms with Gasteiger partial charge in [-0.05, 0) is 37.1 Å². The smallest absolute Gasteiger partial charge is 0.326 e. The number of hydrogen-bond acceptors (Lipinski definition) is 4. The zero-order chi connectivity index (χ0) is 26.2. The predicted octanol–water partition coefficient (Wildman–Crippen LogP) is 2.21. The van der Waals surface area contributed by atoms with Gasteiger partial charge in [0.15, 0.2) is 5.96 Å². The molecule has 36 heavy (non-hydrogen) atoms. The van der Waals surface area contributed by atoms with Crippen LogP contribution in [-0.4, -0.2) is 40.1 Å². The molecule has 1 atom stereocenters. The van der Waals surface area contributed by atoms with Gasteiger partial charge in [0.25, 0.3) is 11.5 Å². The van der Waals surface area contributed by atoms with Crippen molar-refractivity contribution in [2.45, 2.75) is 24.9 Å². The van der Waals surface area contributed by atoms with Crippen molar-refractivity contribution in [1.82, 2.24) is 15.2 Å². The number of carboxylic acid groups (broad SMARTS) is 1. The molecule has 188 valence electrons. The number of aromatic nitrogens is 1. The van der Waals surface area contributed by atoms with Gasteiger partial charge in [0, 0.05) is 23.9 Å². The fourth-order valence-corrected chi connectivity index (χ4v) is 3.77. The molecule has 6 N–H and O–H groups in total. The average molecular weight is 498 g/mol. The number of guanidine groups is 1. The summed E-state index contributed by atoms with van der Waals surface area (Å²) in [5.74, 6) is -3.86. The third kappa shape index (κ3) is 6.12. The lowest BCUT2D eigenvalue weighted by molar-refractivity contribution is -0.139. The lowest BCUT2D eigenvalue weighted by atomic mass is 9.97. The molecule has 0 saturated carbocycles. The first-order valence-corrected chi connectivity index (χ1v) is 11.0. The summed E-state index contributed by atoms with van der Waals surface area (Å²) >= 11 is 0. The summed E-state index contributed by atoms with van der Waals surface area (Å²) in [5.41, 5.74) is 3.98. The number of nitrogens with zero attached hydrogens (tertiary/aromatic N) is 1. The molecule has 0 saturated heterocycles. The Kier molecular flexibility index (Phi) is 8.50. The molecule has 11 heteroatoms. The maximum Gasteiger partial charge on any atom is 0.326 e. The molecule has 0 unspecified atom stereocenters. The molecular formula is C25H25F2N5O4. The summed E-state index contributed by atoms with van der Waals surface area (Å²) < 4.78 is 30.6. The molecule has 0 aliphatic carbocycles. The minimum absolute atomic E-state index is 0.00938. The molecule has 0 fully saturated rings. The van der Waals surface area contributed by atoms with Crippen LogP contribution in [0.25, 0.3) is 0 Å². The normalized spacial score (nSPS) is 11.6. The number of amides is 1. The highest BCUT2D eigenvalue weighted by molar-refractivity contribution is 5.96. The van der Waals surface area contributed by atoms with Gasteiger partial charge in [-0.15, -0.1) is 0 Å². The maximum absolute atomic E-state index is 14.8. The van der Waals surface area contributed by atoms with Crippen molar-refractivity contribution < 1.29 is 23.5 Å². The second-order valence-corrected chi connectivity index (χ2v) is 7.93. The fraction of sp³-hybridized carbons (Fsp3) is 0.200. The molecule has 3 aromatic rings. The lowest BCUT2D eigenvalue weighted by Gasteiger charge is -2.23. The monoisotopic (exact) mass is 497 g/mol. The third-order valence-corrected chi connectivity index (χ3v) is 5.49. The van der Waals surface area contributed by atoms with Gasteiger partial charge in [0.1, 0.15) is 23.2 Å². The Morgan fingerprint density at radius 1 is 1.00 bits per heavy atom. The first-order valence-electron chi connectivity index (χ1n) is 11.0. The Morgan fingerprint density at radius 3 is 2.11 bits per heavy atom. The topological polar surface area (TPSA) is 150 Å². The van der Waals surface area contributed by atoms with E-state index in [1.54, 1.807) is 12.1 Å². The summed E-state index contributed by atoms with van der Waals surface area (Å²) in [4.78, 5) is 37.9. The van der Waals surface area contributed by atoms with Crippen LogP contribution in [0.15, 0.2) is 71.7 Å². The van der Waals surface area contributed by atoms with Crippen LogP contribution < -0.4 is 21.9 Å². The molecule has 0 aliphatic heterocycles. The number of halogens is 2.